The Morgan fingerprint density at radius 1 is 1.54 bits per heavy atom. The molecule has 1 rings (SSSR count). The monoisotopic (exact) mass is 241 g/mol. The van der Waals surface area contributed by atoms with E-state index >= 15 is 0 Å². The van der Waals surface area contributed by atoms with Gasteiger partial charge >= 0.3 is 0 Å². The number of hydrogen-bond donors (Lipinski definition) is 1. The molecule has 0 fully saturated rings. The van der Waals surface area contributed by atoms with Crippen molar-refractivity contribution in [2.75, 3.05) is 11.9 Å². The van der Waals surface area contributed by atoms with Crippen molar-refractivity contribution >= 4 is 27.4 Å². The van der Waals surface area contributed by atoms with Crippen molar-refractivity contribution in [3.8, 4) is 0 Å². The molecule has 0 saturated heterocycles. The zero-order valence-electron chi connectivity index (χ0n) is 7.73. The molecule has 13 heavy (non-hydrogen) atoms. The summed E-state index contributed by atoms with van der Waals surface area (Å²) in [6.07, 6.45) is 0. The Kier molecular flexibility index (Phi) is 3.48. The van der Waals surface area contributed by atoms with E-state index in [0.29, 0.717) is 6.54 Å². The first-order chi connectivity index (χ1) is 6.09. The first-order valence-corrected chi connectivity index (χ1v) is 4.88. The number of halogens is 1. The molecule has 70 valence electrons. The van der Waals surface area contributed by atoms with E-state index in [1.807, 2.05) is 25.1 Å². The van der Waals surface area contributed by atoms with E-state index in [1.54, 1.807) is 6.92 Å². The predicted octanol–water partition coefficient (Wildman–Crippen LogP) is 2.76. The zero-order chi connectivity index (χ0) is 9.84. The third-order valence-electron chi connectivity index (χ3n) is 1.71. The Hall–Kier alpha value is -0.830. The molecule has 1 aromatic rings. The van der Waals surface area contributed by atoms with Crippen LogP contribution in [0.4, 0.5) is 5.69 Å². The third-order valence-corrected chi connectivity index (χ3v) is 2.57. The van der Waals surface area contributed by atoms with Gasteiger partial charge in [0, 0.05) is 10.2 Å². The second kappa shape index (κ2) is 4.42. The van der Waals surface area contributed by atoms with E-state index in [0.717, 1.165) is 10.2 Å². The first-order valence-electron chi connectivity index (χ1n) is 4.09. The maximum absolute atomic E-state index is 10.7. The molecule has 0 aliphatic carbocycles. The SMILES string of the molecule is CC(=O)CNc1ccc(C)c(Br)c1. The van der Waals surface area contributed by atoms with Crippen molar-refractivity contribution in [3.05, 3.63) is 28.2 Å². The number of Topliss-reactive ketones (excluding diaryl/α,β-unsaturated/α-hetero) is 1. The maximum Gasteiger partial charge on any atom is 0.148 e. The topological polar surface area (TPSA) is 29.1 Å². The number of hydrogen-bond acceptors (Lipinski definition) is 2. The van der Waals surface area contributed by atoms with Crippen LogP contribution >= 0.6 is 15.9 Å². The van der Waals surface area contributed by atoms with Crippen LogP contribution in [0.1, 0.15) is 12.5 Å². The lowest BCUT2D eigenvalue weighted by Crippen LogP contribution is -2.09. The molecule has 0 atom stereocenters. The highest BCUT2D eigenvalue weighted by Gasteiger charge is 1.97. The second-order valence-electron chi connectivity index (χ2n) is 3.02. The Morgan fingerprint density at radius 2 is 2.23 bits per heavy atom. The van der Waals surface area contributed by atoms with E-state index in [4.69, 9.17) is 0 Å². The quantitative estimate of drug-likeness (QED) is 0.882. The highest BCUT2D eigenvalue weighted by Crippen LogP contribution is 2.20. The summed E-state index contributed by atoms with van der Waals surface area (Å²) in [4.78, 5) is 10.7. The molecule has 0 bridgehead atoms. The van der Waals surface area contributed by atoms with Crippen LogP contribution in [-0.2, 0) is 4.79 Å². The van der Waals surface area contributed by atoms with Crippen molar-refractivity contribution < 1.29 is 4.79 Å². The number of aryl methyl sites for hydroxylation is 1. The summed E-state index contributed by atoms with van der Waals surface area (Å²) in [5.41, 5.74) is 2.15. The van der Waals surface area contributed by atoms with Gasteiger partial charge in [-0.3, -0.25) is 4.79 Å². The highest BCUT2D eigenvalue weighted by molar-refractivity contribution is 9.10. The number of carbonyl (C=O) groups excluding carboxylic acids is 1. The molecular weight excluding hydrogens is 230 g/mol. The fourth-order valence-corrected chi connectivity index (χ4v) is 1.31. The van der Waals surface area contributed by atoms with E-state index in [-0.39, 0.29) is 5.78 Å². The largest absolute Gasteiger partial charge is 0.378 e. The molecule has 0 aromatic heterocycles. The van der Waals surface area contributed by atoms with Gasteiger partial charge in [0.05, 0.1) is 6.54 Å². The van der Waals surface area contributed by atoms with E-state index in [1.165, 1.54) is 5.56 Å². The Labute approximate surface area is 86.5 Å². The molecule has 0 heterocycles. The van der Waals surface area contributed by atoms with Crippen molar-refractivity contribution in [1.82, 2.24) is 0 Å². The Balaban J connectivity index is 2.68. The standard InChI is InChI=1S/C10H12BrNO/c1-7-3-4-9(5-10(7)11)12-6-8(2)13/h3-5,12H,6H2,1-2H3. The van der Waals surface area contributed by atoms with Crippen LogP contribution in [-0.4, -0.2) is 12.3 Å². The molecule has 0 amide bonds. The summed E-state index contributed by atoms with van der Waals surface area (Å²) < 4.78 is 1.06. The van der Waals surface area contributed by atoms with Crippen molar-refractivity contribution in [2.45, 2.75) is 13.8 Å². The number of ketones is 1. The number of anilines is 1. The number of benzene rings is 1. The van der Waals surface area contributed by atoms with Crippen molar-refractivity contribution in [2.24, 2.45) is 0 Å². The molecule has 0 aliphatic rings. The second-order valence-corrected chi connectivity index (χ2v) is 3.87. The summed E-state index contributed by atoms with van der Waals surface area (Å²) >= 11 is 3.43. The summed E-state index contributed by atoms with van der Waals surface area (Å²) in [6, 6.07) is 5.94. The smallest absolute Gasteiger partial charge is 0.148 e. The van der Waals surface area contributed by atoms with Gasteiger partial charge in [-0.05, 0) is 31.5 Å². The average molecular weight is 242 g/mol. The van der Waals surface area contributed by atoms with Gasteiger partial charge in [-0.15, -0.1) is 0 Å². The molecule has 0 unspecified atom stereocenters. The molecule has 1 aromatic carbocycles. The van der Waals surface area contributed by atoms with Crippen LogP contribution in [0.15, 0.2) is 22.7 Å². The normalized spacial score (nSPS) is 9.77. The van der Waals surface area contributed by atoms with E-state index in [2.05, 4.69) is 21.2 Å². The zero-order valence-corrected chi connectivity index (χ0v) is 9.31. The van der Waals surface area contributed by atoms with Crippen LogP contribution in [0.25, 0.3) is 0 Å². The molecule has 0 saturated carbocycles. The molecule has 1 N–H and O–H groups in total. The molecule has 3 heteroatoms. The van der Waals surface area contributed by atoms with Crippen molar-refractivity contribution in [1.29, 1.82) is 0 Å². The summed E-state index contributed by atoms with van der Waals surface area (Å²) in [5.74, 6) is 0.136. The van der Waals surface area contributed by atoms with Gasteiger partial charge in [-0.25, -0.2) is 0 Å². The predicted molar refractivity (Wildman–Crippen MR) is 58.0 cm³/mol. The van der Waals surface area contributed by atoms with Gasteiger partial charge in [0.1, 0.15) is 5.78 Å². The van der Waals surface area contributed by atoms with Gasteiger partial charge in [-0.2, -0.15) is 0 Å². The molecule has 0 radical (unpaired) electrons. The fraction of sp³-hybridized carbons (Fsp3) is 0.300. The van der Waals surface area contributed by atoms with Crippen LogP contribution in [0.5, 0.6) is 0 Å². The lowest BCUT2D eigenvalue weighted by Gasteiger charge is -2.05. The summed E-state index contributed by atoms with van der Waals surface area (Å²) in [7, 11) is 0. The maximum atomic E-state index is 10.7. The van der Waals surface area contributed by atoms with Crippen LogP contribution in [0.2, 0.25) is 0 Å². The van der Waals surface area contributed by atoms with Gasteiger partial charge in [0.15, 0.2) is 0 Å². The van der Waals surface area contributed by atoms with Crippen LogP contribution in [0.3, 0.4) is 0 Å². The van der Waals surface area contributed by atoms with E-state index in [9.17, 15) is 4.79 Å². The first kappa shape index (κ1) is 10.3. The number of nitrogens with one attached hydrogen (secondary N) is 1. The molecule has 0 spiro atoms. The lowest BCUT2D eigenvalue weighted by molar-refractivity contribution is -0.115. The lowest BCUT2D eigenvalue weighted by atomic mass is 10.2. The van der Waals surface area contributed by atoms with Gasteiger partial charge in [-0.1, -0.05) is 22.0 Å². The highest BCUT2D eigenvalue weighted by atomic mass is 79.9. The Morgan fingerprint density at radius 3 is 2.77 bits per heavy atom. The summed E-state index contributed by atoms with van der Waals surface area (Å²) in [6.45, 7) is 3.98. The van der Waals surface area contributed by atoms with Crippen molar-refractivity contribution in [3.63, 3.8) is 0 Å². The number of rotatable bonds is 3. The Bertz CT molecular complexity index is 323. The molecule has 0 aliphatic heterocycles. The van der Waals surface area contributed by atoms with Gasteiger partial charge in [0.25, 0.3) is 0 Å². The summed E-state index contributed by atoms with van der Waals surface area (Å²) in [5, 5.41) is 3.03. The fourth-order valence-electron chi connectivity index (χ4n) is 0.929. The third kappa shape index (κ3) is 3.19. The average Bonchev–Trinajstić information content (AvgIpc) is 2.07. The number of carbonyl (C=O) groups is 1. The van der Waals surface area contributed by atoms with Gasteiger partial charge in [0.2, 0.25) is 0 Å². The minimum atomic E-state index is 0.136. The molecule has 2 nitrogen and oxygen atoms in total. The minimum absolute atomic E-state index is 0.136. The minimum Gasteiger partial charge on any atom is -0.378 e. The van der Waals surface area contributed by atoms with Crippen LogP contribution in [0, 0.1) is 6.92 Å². The van der Waals surface area contributed by atoms with Crippen LogP contribution < -0.4 is 5.32 Å². The van der Waals surface area contributed by atoms with Gasteiger partial charge < -0.3 is 5.32 Å². The molecular formula is C10H12BrNO. The van der Waals surface area contributed by atoms with E-state index < -0.39 is 0 Å².